The second kappa shape index (κ2) is 7.21. The van der Waals surface area contributed by atoms with Gasteiger partial charge in [-0.3, -0.25) is 14.3 Å². The molecule has 0 radical (unpaired) electrons. The Morgan fingerprint density at radius 1 is 1.15 bits per heavy atom. The van der Waals surface area contributed by atoms with Crippen molar-refractivity contribution in [1.82, 2.24) is 24.1 Å². The van der Waals surface area contributed by atoms with E-state index < -0.39 is 0 Å². The first-order valence-corrected chi connectivity index (χ1v) is 9.56. The molecule has 0 saturated carbocycles. The van der Waals surface area contributed by atoms with Crippen molar-refractivity contribution in [3.63, 3.8) is 0 Å². The van der Waals surface area contributed by atoms with Crippen molar-refractivity contribution in [2.45, 2.75) is 40.0 Å². The molecule has 0 aliphatic carbocycles. The first kappa shape index (κ1) is 17.8. The summed E-state index contributed by atoms with van der Waals surface area (Å²) >= 11 is 5.79. The van der Waals surface area contributed by atoms with E-state index in [1.807, 2.05) is 23.0 Å². The number of fused-ring (bicyclic) bond motifs is 3. The van der Waals surface area contributed by atoms with E-state index in [2.05, 4.69) is 65.4 Å². The third-order valence-corrected chi connectivity index (χ3v) is 5.33. The fourth-order valence-electron chi connectivity index (χ4n) is 3.40. The van der Waals surface area contributed by atoms with Crippen molar-refractivity contribution in [2.24, 2.45) is 0 Å². The van der Waals surface area contributed by atoms with E-state index in [1.54, 1.807) is 6.20 Å². The van der Waals surface area contributed by atoms with E-state index in [0.717, 1.165) is 22.5 Å². The van der Waals surface area contributed by atoms with Crippen LogP contribution in [-0.2, 0) is 13.2 Å². The highest BCUT2D eigenvalue weighted by Gasteiger charge is 2.15. The molecule has 0 atom stereocenters. The predicted octanol–water partition coefficient (Wildman–Crippen LogP) is 4.59. The summed E-state index contributed by atoms with van der Waals surface area (Å²) in [5, 5.41) is 6.01. The first-order chi connectivity index (χ1) is 13.0. The van der Waals surface area contributed by atoms with Crippen molar-refractivity contribution in [2.75, 3.05) is 0 Å². The molecule has 0 aliphatic heterocycles. The van der Waals surface area contributed by atoms with E-state index in [4.69, 9.17) is 17.3 Å². The van der Waals surface area contributed by atoms with Crippen LogP contribution in [0.5, 0.6) is 0 Å². The molecule has 4 rings (SSSR count). The van der Waals surface area contributed by atoms with Crippen molar-refractivity contribution < 1.29 is 0 Å². The average Bonchev–Trinajstić information content (AvgIpc) is 2.97. The van der Waals surface area contributed by atoms with Gasteiger partial charge in [-0.25, -0.2) is 4.68 Å². The van der Waals surface area contributed by atoms with Gasteiger partial charge in [-0.15, -0.1) is 0 Å². The number of pyridine rings is 2. The lowest BCUT2D eigenvalue weighted by molar-refractivity contribution is 0.153. The molecule has 0 saturated heterocycles. The average molecular weight is 378 g/mol. The predicted molar refractivity (Wildman–Crippen MR) is 111 cm³/mol. The molecule has 1 aromatic carbocycles. The van der Waals surface area contributed by atoms with Crippen molar-refractivity contribution in [3.8, 4) is 0 Å². The normalized spacial score (nSPS) is 11.9. The van der Waals surface area contributed by atoms with Crippen LogP contribution in [0, 0.1) is 11.7 Å². The molecule has 0 bridgehead atoms. The van der Waals surface area contributed by atoms with Crippen molar-refractivity contribution in [3.05, 3.63) is 70.8 Å². The lowest BCUT2D eigenvalue weighted by atomic mass is 10.1. The summed E-state index contributed by atoms with van der Waals surface area (Å²) in [6.07, 6.45) is 3.71. The smallest absolute Gasteiger partial charge is 0.204 e. The second-order valence-electron chi connectivity index (χ2n) is 7.16. The molecule has 0 amide bonds. The van der Waals surface area contributed by atoms with Crippen LogP contribution < -0.4 is 0 Å². The maximum atomic E-state index is 5.79. The molecular weight excluding hydrogens is 354 g/mol. The highest BCUT2D eigenvalue weighted by atomic mass is 32.1. The van der Waals surface area contributed by atoms with Gasteiger partial charge in [0.15, 0.2) is 5.65 Å². The standard InChI is InChI=1S/C21H23N5S/c1-15(2)24(13-17-7-6-10-22-12-17)14-25-21(27)26-19-9-5-4-8-18(19)16(3)11-20(26)23-25/h4-12,15H,13-14H2,1-3H3. The monoisotopic (exact) mass is 377 g/mol. The van der Waals surface area contributed by atoms with E-state index in [0.29, 0.717) is 12.7 Å². The van der Waals surface area contributed by atoms with Crippen LogP contribution in [0.15, 0.2) is 54.9 Å². The number of benzene rings is 1. The fourth-order valence-corrected chi connectivity index (χ4v) is 3.69. The Hall–Kier alpha value is -2.57. The highest BCUT2D eigenvalue weighted by molar-refractivity contribution is 7.71. The molecule has 0 spiro atoms. The summed E-state index contributed by atoms with van der Waals surface area (Å²) < 4.78 is 4.71. The van der Waals surface area contributed by atoms with Gasteiger partial charge < -0.3 is 0 Å². The molecule has 138 valence electrons. The van der Waals surface area contributed by atoms with Gasteiger partial charge in [-0.05, 0) is 62.3 Å². The Bertz CT molecular complexity index is 1140. The molecule has 0 N–H and O–H groups in total. The Balaban J connectivity index is 1.76. The van der Waals surface area contributed by atoms with Crippen LogP contribution in [0.2, 0.25) is 0 Å². The van der Waals surface area contributed by atoms with E-state index in [9.17, 15) is 0 Å². The second-order valence-corrected chi connectivity index (χ2v) is 7.53. The molecule has 0 unspecified atom stereocenters. The number of aryl methyl sites for hydroxylation is 1. The number of nitrogens with zero attached hydrogens (tertiary/aromatic N) is 5. The Kier molecular flexibility index (Phi) is 4.76. The minimum Gasteiger partial charge on any atom is -0.278 e. The summed E-state index contributed by atoms with van der Waals surface area (Å²) in [6.45, 7) is 7.94. The first-order valence-electron chi connectivity index (χ1n) is 9.15. The van der Waals surface area contributed by atoms with Crippen LogP contribution in [0.25, 0.3) is 16.6 Å². The van der Waals surface area contributed by atoms with E-state index >= 15 is 0 Å². The number of rotatable bonds is 5. The largest absolute Gasteiger partial charge is 0.278 e. The zero-order chi connectivity index (χ0) is 19.0. The van der Waals surface area contributed by atoms with E-state index in [-0.39, 0.29) is 0 Å². The lowest BCUT2D eigenvalue weighted by Crippen LogP contribution is -2.33. The SMILES string of the molecule is Cc1cc2nn(CN(Cc3cccnc3)C(C)C)c(=S)n2c2ccccc12. The minimum atomic E-state index is 0.357. The van der Waals surface area contributed by atoms with Gasteiger partial charge in [-0.2, -0.15) is 5.10 Å². The Labute approximate surface area is 163 Å². The van der Waals surface area contributed by atoms with Crippen LogP contribution >= 0.6 is 12.2 Å². The molecule has 3 heterocycles. The number of hydrogen-bond donors (Lipinski definition) is 0. The molecule has 0 fully saturated rings. The summed E-state index contributed by atoms with van der Waals surface area (Å²) in [4.78, 5) is 6.57. The van der Waals surface area contributed by atoms with Crippen LogP contribution in [0.3, 0.4) is 0 Å². The lowest BCUT2D eigenvalue weighted by Gasteiger charge is -2.26. The van der Waals surface area contributed by atoms with Crippen molar-refractivity contribution in [1.29, 1.82) is 0 Å². The number of aromatic nitrogens is 4. The Morgan fingerprint density at radius 2 is 1.96 bits per heavy atom. The fraction of sp³-hybridized carbons (Fsp3) is 0.286. The minimum absolute atomic E-state index is 0.357. The van der Waals surface area contributed by atoms with Crippen LogP contribution in [0.1, 0.15) is 25.0 Å². The van der Waals surface area contributed by atoms with Gasteiger partial charge in [0.05, 0.1) is 12.2 Å². The summed E-state index contributed by atoms with van der Waals surface area (Å²) in [5.41, 5.74) is 4.39. The zero-order valence-corrected chi connectivity index (χ0v) is 16.6. The topological polar surface area (TPSA) is 38.4 Å². The Morgan fingerprint density at radius 3 is 2.70 bits per heavy atom. The molecular formula is C21H23N5S. The summed E-state index contributed by atoms with van der Waals surface area (Å²) in [6, 6.07) is 14.9. The zero-order valence-electron chi connectivity index (χ0n) is 15.8. The highest BCUT2D eigenvalue weighted by Crippen LogP contribution is 2.21. The van der Waals surface area contributed by atoms with E-state index in [1.165, 1.54) is 16.5 Å². The molecule has 5 nitrogen and oxygen atoms in total. The third-order valence-electron chi connectivity index (χ3n) is 4.93. The maximum absolute atomic E-state index is 5.79. The quantitative estimate of drug-likeness (QED) is 0.477. The summed E-state index contributed by atoms with van der Waals surface area (Å²) in [5.74, 6) is 0. The number of hydrogen-bond acceptors (Lipinski definition) is 4. The molecule has 0 aliphatic rings. The molecule has 4 aromatic rings. The maximum Gasteiger partial charge on any atom is 0.204 e. The molecule has 27 heavy (non-hydrogen) atoms. The van der Waals surface area contributed by atoms with Gasteiger partial charge in [0, 0.05) is 30.4 Å². The molecule has 3 aromatic heterocycles. The van der Waals surface area contributed by atoms with Gasteiger partial charge in [0.2, 0.25) is 4.77 Å². The van der Waals surface area contributed by atoms with Gasteiger partial charge in [0.25, 0.3) is 0 Å². The van der Waals surface area contributed by atoms with Crippen LogP contribution in [0.4, 0.5) is 0 Å². The third kappa shape index (κ3) is 3.38. The summed E-state index contributed by atoms with van der Waals surface area (Å²) in [7, 11) is 0. The van der Waals surface area contributed by atoms with Gasteiger partial charge >= 0.3 is 0 Å². The number of para-hydroxylation sites is 1. The van der Waals surface area contributed by atoms with Gasteiger partial charge in [0.1, 0.15) is 0 Å². The molecule has 6 heteroatoms. The van der Waals surface area contributed by atoms with Gasteiger partial charge in [-0.1, -0.05) is 24.3 Å². The van der Waals surface area contributed by atoms with Crippen LogP contribution in [-0.4, -0.2) is 30.1 Å². The van der Waals surface area contributed by atoms with Crippen molar-refractivity contribution >= 4 is 28.8 Å².